The maximum absolute atomic E-state index is 14.2. The number of halogens is 8. The Morgan fingerprint density at radius 2 is 1.76 bits per heavy atom. The van der Waals surface area contributed by atoms with Gasteiger partial charge in [0.1, 0.15) is 0 Å². The fourth-order valence-corrected chi connectivity index (χ4v) is 4.74. The van der Waals surface area contributed by atoms with Crippen molar-refractivity contribution in [2.24, 2.45) is 5.16 Å². The summed E-state index contributed by atoms with van der Waals surface area (Å²) < 4.78 is 84.3. The molecule has 1 N–H and O–H groups in total. The van der Waals surface area contributed by atoms with Crippen molar-refractivity contribution in [3.63, 3.8) is 0 Å². The molecule has 1 saturated carbocycles. The Labute approximate surface area is 223 Å². The molecule has 0 radical (unpaired) electrons. The third-order valence-corrected chi connectivity index (χ3v) is 6.54. The van der Waals surface area contributed by atoms with Crippen LogP contribution in [0, 0.1) is 6.92 Å². The highest BCUT2D eigenvalue weighted by Gasteiger charge is 2.58. The van der Waals surface area contributed by atoms with E-state index >= 15 is 0 Å². The number of carbonyl (C=O) groups is 1. The fraction of sp³-hybridized carbons (Fsp3) is 0.360. The van der Waals surface area contributed by atoms with Gasteiger partial charge in [-0.05, 0) is 59.5 Å². The molecule has 1 atom stereocenters. The van der Waals surface area contributed by atoms with E-state index in [1.54, 1.807) is 13.0 Å². The Bertz CT molecular complexity index is 1280. The molecule has 2 aromatic rings. The van der Waals surface area contributed by atoms with E-state index in [2.05, 4.69) is 15.3 Å². The van der Waals surface area contributed by atoms with Gasteiger partial charge in [-0.2, -0.15) is 26.3 Å². The molecule has 2 aromatic carbocycles. The highest BCUT2D eigenvalue weighted by Crippen LogP contribution is 2.49. The summed E-state index contributed by atoms with van der Waals surface area (Å²) in [6.45, 7) is -0.187. The summed E-state index contributed by atoms with van der Waals surface area (Å²) in [7, 11) is 0. The van der Waals surface area contributed by atoms with Crippen LogP contribution in [0.3, 0.4) is 0 Å². The smallest absolute Gasteiger partial charge is 0.386 e. The number of ether oxygens (including phenoxy) is 1. The molecular formula is C25H20Cl2F6N2O3. The molecule has 2 aliphatic rings. The highest BCUT2D eigenvalue weighted by molar-refractivity contribution is 6.34. The van der Waals surface area contributed by atoms with E-state index < -0.39 is 30.5 Å². The predicted octanol–water partition coefficient (Wildman–Crippen LogP) is 7.00. The van der Waals surface area contributed by atoms with Crippen LogP contribution in [0.5, 0.6) is 0 Å². The molecule has 38 heavy (non-hydrogen) atoms. The average Bonchev–Trinajstić information content (AvgIpc) is 3.23. The van der Waals surface area contributed by atoms with Crippen LogP contribution in [0.4, 0.5) is 26.3 Å². The molecule has 204 valence electrons. The highest BCUT2D eigenvalue weighted by atomic mass is 35.5. The second kappa shape index (κ2) is 10.4. The third-order valence-electron chi connectivity index (χ3n) is 6.11. The van der Waals surface area contributed by atoms with Gasteiger partial charge in [-0.3, -0.25) is 4.79 Å². The minimum absolute atomic E-state index is 0.0338. The van der Waals surface area contributed by atoms with Gasteiger partial charge in [-0.25, -0.2) is 0 Å². The van der Waals surface area contributed by atoms with Crippen molar-refractivity contribution in [2.45, 2.75) is 43.8 Å². The monoisotopic (exact) mass is 580 g/mol. The van der Waals surface area contributed by atoms with Crippen molar-refractivity contribution in [2.75, 3.05) is 13.2 Å². The molecule has 1 heterocycles. The number of benzene rings is 2. The first-order chi connectivity index (χ1) is 17.7. The topological polar surface area (TPSA) is 59.9 Å². The lowest BCUT2D eigenvalue weighted by Crippen LogP contribution is -2.45. The summed E-state index contributed by atoms with van der Waals surface area (Å²) in [5.41, 5.74) is -1.07. The molecule has 5 nitrogen and oxygen atoms in total. The molecule has 1 aliphatic carbocycles. The molecule has 13 heteroatoms. The number of oxime groups is 1. The predicted molar refractivity (Wildman–Crippen MR) is 129 cm³/mol. The number of amides is 1. The van der Waals surface area contributed by atoms with Crippen molar-refractivity contribution in [3.05, 3.63) is 74.8 Å². The molecule has 0 aromatic heterocycles. The van der Waals surface area contributed by atoms with E-state index in [0.29, 0.717) is 22.4 Å². The van der Waals surface area contributed by atoms with Crippen molar-refractivity contribution < 1.29 is 40.7 Å². The molecule has 1 unspecified atom stereocenters. The Morgan fingerprint density at radius 1 is 1.11 bits per heavy atom. The summed E-state index contributed by atoms with van der Waals surface area (Å²) in [4.78, 5) is 16.9. The minimum atomic E-state index is -4.81. The molecule has 0 bridgehead atoms. The number of rotatable bonds is 6. The molecule has 1 amide bonds. The number of aryl methyl sites for hydroxylation is 1. The summed E-state index contributed by atoms with van der Waals surface area (Å²) >= 11 is 11.9. The van der Waals surface area contributed by atoms with Gasteiger partial charge in [-0.15, -0.1) is 0 Å². The lowest BCUT2D eigenvalue weighted by Gasteiger charge is -2.30. The molecule has 0 spiro atoms. The van der Waals surface area contributed by atoms with E-state index in [1.807, 2.05) is 0 Å². The summed E-state index contributed by atoms with van der Waals surface area (Å²) in [6, 6.07) is 7.90. The number of nitrogens with zero attached hydrogens (tertiary/aromatic N) is 1. The van der Waals surface area contributed by atoms with E-state index in [-0.39, 0.29) is 46.7 Å². The van der Waals surface area contributed by atoms with E-state index in [9.17, 15) is 31.1 Å². The zero-order chi connectivity index (χ0) is 27.9. The SMILES string of the molecule is Cc1cc(C2=CC(c3cc(Cl)cc(Cl)c3)(C(F)(F)F)OC2)ccc1C(=O)NC1CC(=NOCC(F)(F)F)C1. The zero-order valence-electron chi connectivity index (χ0n) is 19.6. The lowest BCUT2D eigenvalue weighted by molar-refractivity contribution is -0.254. The van der Waals surface area contributed by atoms with Crippen LogP contribution in [0.25, 0.3) is 5.57 Å². The van der Waals surface area contributed by atoms with Crippen LogP contribution >= 0.6 is 23.2 Å². The maximum Gasteiger partial charge on any atom is 0.425 e. The van der Waals surface area contributed by atoms with E-state index in [4.69, 9.17) is 27.9 Å². The van der Waals surface area contributed by atoms with Gasteiger partial charge in [-0.1, -0.05) is 40.5 Å². The van der Waals surface area contributed by atoms with Gasteiger partial charge in [0.2, 0.25) is 12.2 Å². The normalized spacial score (nSPS) is 21.6. The average molecular weight is 581 g/mol. The second-order valence-electron chi connectivity index (χ2n) is 9.00. The summed E-state index contributed by atoms with van der Waals surface area (Å²) in [6.07, 6.45) is -7.81. The van der Waals surface area contributed by atoms with Gasteiger partial charge in [0.05, 0.1) is 12.3 Å². The largest absolute Gasteiger partial charge is 0.425 e. The Kier molecular flexibility index (Phi) is 7.75. The summed E-state index contributed by atoms with van der Waals surface area (Å²) in [5.74, 6) is -0.427. The van der Waals surface area contributed by atoms with Gasteiger partial charge in [0.15, 0.2) is 0 Å². The Balaban J connectivity index is 1.47. The maximum atomic E-state index is 14.2. The van der Waals surface area contributed by atoms with Crippen molar-refractivity contribution in [1.29, 1.82) is 0 Å². The first kappa shape index (κ1) is 28.3. The fourth-order valence-electron chi connectivity index (χ4n) is 4.21. The zero-order valence-corrected chi connectivity index (χ0v) is 21.2. The quantitative estimate of drug-likeness (QED) is 0.295. The van der Waals surface area contributed by atoms with Crippen molar-refractivity contribution >= 4 is 40.4 Å². The molecule has 0 saturated heterocycles. The number of carbonyl (C=O) groups excluding carboxylic acids is 1. The number of hydrogen-bond donors (Lipinski definition) is 1. The van der Waals surface area contributed by atoms with Crippen molar-refractivity contribution in [1.82, 2.24) is 5.32 Å². The molecule has 1 fully saturated rings. The van der Waals surface area contributed by atoms with E-state index in [1.165, 1.54) is 18.2 Å². The number of hydrogen-bond acceptors (Lipinski definition) is 4. The minimum Gasteiger partial charge on any atom is -0.386 e. The first-order valence-electron chi connectivity index (χ1n) is 11.2. The lowest BCUT2D eigenvalue weighted by atomic mass is 9.89. The van der Waals surface area contributed by atoms with Gasteiger partial charge >= 0.3 is 12.4 Å². The standard InChI is InChI=1S/C25H20Cl2F6N2O3/c1-13-4-14(2-3-21(13)22(36)34-19-8-20(9-19)35-38-12-24(28,29)30)15-10-23(37-11-15,25(31,32)33)16-5-17(26)7-18(27)6-16/h2-7,10,19H,8-9,11-12H2,1H3,(H,34,36). The van der Waals surface area contributed by atoms with Gasteiger partial charge in [0, 0.05) is 34.5 Å². The summed E-state index contributed by atoms with van der Waals surface area (Å²) in [5, 5.41) is 6.23. The van der Waals surface area contributed by atoms with Crippen molar-refractivity contribution in [3.8, 4) is 0 Å². The first-order valence-corrected chi connectivity index (χ1v) is 12.0. The van der Waals surface area contributed by atoms with Crippen LogP contribution in [-0.2, 0) is 15.2 Å². The van der Waals surface area contributed by atoms with Crippen LogP contribution in [-0.4, -0.2) is 43.2 Å². The van der Waals surface area contributed by atoms with Crippen LogP contribution in [0.15, 0.2) is 47.6 Å². The third kappa shape index (κ3) is 6.10. The molecular weight excluding hydrogens is 561 g/mol. The number of nitrogens with one attached hydrogen (secondary N) is 1. The van der Waals surface area contributed by atoms with E-state index in [0.717, 1.165) is 18.2 Å². The van der Waals surface area contributed by atoms with Gasteiger partial charge in [0.25, 0.3) is 5.91 Å². The van der Waals surface area contributed by atoms with Crippen LogP contribution in [0.1, 0.15) is 39.9 Å². The van der Waals surface area contributed by atoms with Crippen LogP contribution in [0.2, 0.25) is 10.0 Å². The molecule has 1 aliphatic heterocycles. The Morgan fingerprint density at radius 3 is 2.34 bits per heavy atom. The molecule has 4 rings (SSSR count). The number of alkyl halides is 6. The second-order valence-corrected chi connectivity index (χ2v) is 9.88. The van der Waals surface area contributed by atoms with Gasteiger partial charge < -0.3 is 14.9 Å². The Hall–Kier alpha value is -2.76. The van der Waals surface area contributed by atoms with Crippen LogP contribution < -0.4 is 5.32 Å².